The summed E-state index contributed by atoms with van der Waals surface area (Å²) in [5.41, 5.74) is 1.01. The summed E-state index contributed by atoms with van der Waals surface area (Å²) in [5.74, 6) is 0.235. The summed E-state index contributed by atoms with van der Waals surface area (Å²) in [4.78, 5) is 30.0. The van der Waals surface area contributed by atoms with Crippen molar-refractivity contribution < 1.29 is 19.1 Å². The minimum absolute atomic E-state index is 0.0466. The first kappa shape index (κ1) is 20.1. The maximum absolute atomic E-state index is 13.4. The van der Waals surface area contributed by atoms with Crippen molar-refractivity contribution >= 4 is 12.1 Å². The molecule has 0 unspecified atom stereocenters. The van der Waals surface area contributed by atoms with Crippen LogP contribution < -0.4 is 0 Å². The molecule has 4 aliphatic heterocycles. The number of piperidine rings is 3. The number of benzene rings is 2. The quantitative estimate of drug-likeness (QED) is 0.696. The van der Waals surface area contributed by atoms with Crippen molar-refractivity contribution in [1.82, 2.24) is 9.80 Å². The zero-order valence-electron chi connectivity index (χ0n) is 17.6. The Morgan fingerprint density at radius 2 is 1.58 bits per heavy atom. The summed E-state index contributed by atoms with van der Waals surface area (Å²) in [7, 11) is 0. The van der Waals surface area contributed by atoms with Crippen molar-refractivity contribution in [1.29, 1.82) is 0 Å². The highest BCUT2D eigenvalue weighted by molar-refractivity contribution is 5.88. The second kappa shape index (κ2) is 8.35. The number of esters is 1. The fourth-order valence-corrected chi connectivity index (χ4v) is 5.03. The van der Waals surface area contributed by atoms with Crippen LogP contribution in [0.25, 0.3) is 0 Å². The van der Waals surface area contributed by atoms with E-state index in [1.54, 1.807) is 4.90 Å². The SMILES string of the molecule is O=C(OCc1ccccc1)N1CC(C(=O)O[C@H]2CN3CCC2CC3)(c2ccccc2)C1. The van der Waals surface area contributed by atoms with E-state index in [-0.39, 0.29) is 31.8 Å². The number of ether oxygens (including phenoxy) is 2. The summed E-state index contributed by atoms with van der Waals surface area (Å²) in [5, 5.41) is 0. The second-order valence-corrected chi connectivity index (χ2v) is 8.93. The monoisotopic (exact) mass is 420 g/mol. The predicted octanol–water partition coefficient (Wildman–Crippen LogP) is 3.21. The summed E-state index contributed by atoms with van der Waals surface area (Å²) in [6.07, 6.45) is 1.74. The van der Waals surface area contributed by atoms with E-state index in [4.69, 9.17) is 9.47 Å². The van der Waals surface area contributed by atoms with Crippen LogP contribution in [-0.4, -0.2) is 60.7 Å². The molecule has 6 nitrogen and oxygen atoms in total. The summed E-state index contributed by atoms with van der Waals surface area (Å²) < 4.78 is 11.5. The Labute approximate surface area is 182 Å². The van der Waals surface area contributed by atoms with Gasteiger partial charge in [0.05, 0.1) is 0 Å². The summed E-state index contributed by atoms with van der Waals surface area (Å²) in [6.45, 7) is 3.81. The average Bonchev–Trinajstić information content (AvgIpc) is 2.79. The van der Waals surface area contributed by atoms with Crippen molar-refractivity contribution in [3.05, 3.63) is 71.8 Å². The molecule has 0 spiro atoms. The fraction of sp³-hybridized carbons (Fsp3) is 0.440. The molecule has 2 aromatic rings. The number of fused-ring (bicyclic) bond motifs is 3. The summed E-state index contributed by atoms with van der Waals surface area (Å²) in [6, 6.07) is 19.3. The molecule has 0 N–H and O–H groups in total. The van der Waals surface area contributed by atoms with Gasteiger partial charge in [0.25, 0.3) is 0 Å². The minimum atomic E-state index is -0.820. The molecule has 2 bridgehead atoms. The Kier molecular flexibility index (Phi) is 5.40. The molecule has 0 saturated carbocycles. The average molecular weight is 421 g/mol. The second-order valence-electron chi connectivity index (χ2n) is 8.93. The molecular formula is C25H28N2O4. The van der Waals surface area contributed by atoms with Gasteiger partial charge in [-0.1, -0.05) is 60.7 Å². The number of hydrogen-bond acceptors (Lipinski definition) is 5. The van der Waals surface area contributed by atoms with Gasteiger partial charge in [0, 0.05) is 19.6 Å². The van der Waals surface area contributed by atoms with Crippen LogP contribution in [0.3, 0.4) is 0 Å². The molecule has 1 atom stereocenters. The molecule has 4 aliphatic rings. The van der Waals surface area contributed by atoms with Crippen LogP contribution in [-0.2, 0) is 26.3 Å². The molecule has 4 saturated heterocycles. The third-order valence-electron chi connectivity index (χ3n) is 6.96. The molecule has 6 rings (SSSR count). The Morgan fingerprint density at radius 3 is 2.19 bits per heavy atom. The molecule has 4 heterocycles. The fourth-order valence-electron chi connectivity index (χ4n) is 5.03. The van der Waals surface area contributed by atoms with Crippen LogP contribution in [0, 0.1) is 5.92 Å². The maximum Gasteiger partial charge on any atom is 0.410 e. The van der Waals surface area contributed by atoms with E-state index in [0.717, 1.165) is 43.6 Å². The number of rotatable bonds is 5. The Balaban J connectivity index is 1.26. The lowest BCUT2D eigenvalue weighted by Gasteiger charge is -2.49. The van der Waals surface area contributed by atoms with Gasteiger partial charge < -0.3 is 14.4 Å². The zero-order valence-corrected chi connectivity index (χ0v) is 17.6. The van der Waals surface area contributed by atoms with Crippen LogP contribution in [0.1, 0.15) is 24.0 Å². The number of likely N-dealkylation sites (tertiary alicyclic amines) is 1. The standard InChI is InChI=1S/C25H28N2O4/c28-23(31-22-15-26-13-11-20(22)12-14-26)25(21-9-5-2-6-10-21)17-27(18-25)24(29)30-16-19-7-3-1-4-8-19/h1-10,20,22H,11-18H2/t22-/m0/s1. The molecule has 0 aliphatic carbocycles. The maximum atomic E-state index is 13.4. The smallest absolute Gasteiger partial charge is 0.410 e. The van der Waals surface area contributed by atoms with E-state index in [2.05, 4.69) is 4.90 Å². The Bertz CT molecular complexity index is 919. The number of hydrogen-bond donors (Lipinski definition) is 0. The topological polar surface area (TPSA) is 59.1 Å². The van der Waals surface area contributed by atoms with Crippen LogP contribution in [0.2, 0.25) is 0 Å². The van der Waals surface area contributed by atoms with Crippen LogP contribution in [0.4, 0.5) is 4.79 Å². The molecule has 0 radical (unpaired) electrons. The first-order valence-electron chi connectivity index (χ1n) is 11.1. The largest absolute Gasteiger partial charge is 0.460 e. The van der Waals surface area contributed by atoms with Gasteiger partial charge in [-0.25, -0.2) is 4.79 Å². The van der Waals surface area contributed by atoms with Gasteiger partial charge in [-0.3, -0.25) is 9.69 Å². The van der Waals surface area contributed by atoms with Gasteiger partial charge >= 0.3 is 12.1 Å². The molecule has 162 valence electrons. The zero-order chi connectivity index (χ0) is 21.3. The number of amides is 1. The van der Waals surface area contributed by atoms with Gasteiger partial charge in [-0.05, 0) is 43.0 Å². The van der Waals surface area contributed by atoms with E-state index in [0.29, 0.717) is 5.92 Å². The van der Waals surface area contributed by atoms with Gasteiger partial charge in [0.15, 0.2) is 0 Å². The predicted molar refractivity (Wildman–Crippen MR) is 115 cm³/mol. The third kappa shape index (κ3) is 3.92. The van der Waals surface area contributed by atoms with Gasteiger partial charge in [-0.2, -0.15) is 0 Å². The lowest BCUT2D eigenvalue weighted by molar-refractivity contribution is -0.172. The minimum Gasteiger partial charge on any atom is -0.460 e. The molecular weight excluding hydrogens is 392 g/mol. The number of nitrogens with zero attached hydrogens (tertiary/aromatic N) is 2. The molecule has 1 amide bonds. The number of carbonyl (C=O) groups is 2. The summed E-state index contributed by atoms with van der Waals surface area (Å²) >= 11 is 0. The van der Waals surface area contributed by atoms with Crippen molar-refractivity contribution in [3.8, 4) is 0 Å². The third-order valence-corrected chi connectivity index (χ3v) is 6.96. The lowest BCUT2D eigenvalue weighted by atomic mass is 9.73. The molecule has 31 heavy (non-hydrogen) atoms. The first-order valence-corrected chi connectivity index (χ1v) is 11.1. The van der Waals surface area contributed by atoms with Crippen molar-refractivity contribution in [3.63, 3.8) is 0 Å². The molecule has 2 aromatic carbocycles. The first-order chi connectivity index (χ1) is 15.1. The van der Waals surface area contributed by atoms with Crippen molar-refractivity contribution in [2.75, 3.05) is 32.7 Å². The van der Waals surface area contributed by atoms with E-state index in [9.17, 15) is 9.59 Å². The highest BCUT2D eigenvalue weighted by atomic mass is 16.6. The van der Waals surface area contributed by atoms with E-state index in [1.165, 1.54) is 0 Å². The van der Waals surface area contributed by atoms with Gasteiger partial charge in [0.1, 0.15) is 18.1 Å². The normalized spacial score (nSPS) is 26.1. The number of carbonyl (C=O) groups excluding carboxylic acids is 2. The van der Waals surface area contributed by atoms with Crippen LogP contribution >= 0.6 is 0 Å². The highest BCUT2D eigenvalue weighted by Crippen LogP contribution is 2.38. The van der Waals surface area contributed by atoms with Crippen molar-refractivity contribution in [2.24, 2.45) is 5.92 Å². The van der Waals surface area contributed by atoms with Crippen LogP contribution in [0.5, 0.6) is 0 Å². The highest BCUT2D eigenvalue weighted by Gasteiger charge is 2.55. The van der Waals surface area contributed by atoms with E-state index in [1.807, 2.05) is 60.7 Å². The Hall–Kier alpha value is -2.86. The van der Waals surface area contributed by atoms with E-state index >= 15 is 0 Å². The van der Waals surface area contributed by atoms with Crippen molar-refractivity contribution in [2.45, 2.75) is 31.0 Å². The van der Waals surface area contributed by atoms with Gasteiger partial charge in [0.2, 0.25) is 0 Å². The molecule has 6 heteroatoms. The molecule has 4 fully saturated rings. The lowest BCUT2D eigenvalue weighted by Crippen LogP contribution is -2.66. The molecule has 0 aromatic heterocycles. The van der Waals surface area contributed by atoms with E-state index < -0.39 is 11.5 Å². The van der Waals surface area contributed by atoms with Gasteiger partial charge in [-0.15, -0.1) is 0 Å². The van der Waals surface area contributed by atoms with Crippen LogP contribution in [0.15, 0.2) is 60.7 Å². The Morgan fingerprint density at radius 1 is 0.935 bits per heavy atom.